The van der Waals surface area contributed by atoms with E-state index in [0.29, 0.717) is 12.5 Å². The molecule has 0 aliphatic carbocycles. The van der Waals surface area contributed by atoms with Crippen LogP contribution in [0.15, 0.2) is 23.2 Å². The van der Waals surface area contributed by atoms with Gasteiger partial charge in [-0.15, -0.1) is 0 Å². The van der Waals surface area contributed by atoms with Crippen LogP contribution in [0.3, 0.4) is 0 Å². The molecule has 0 bridgehead atoms. The molecule has 0 aliphatic rings. The predicted molar refractivity (Wildman–Crippen MR) is 78.0 cm³/mol. The summed E-state index contributed by atoms with van der Waals surface area (Å²) in [4.78, 5) is 4.18. The molecule has 0 atom stereocenters. The van der Waals surface area contributed by atoms with Crippen molar-refractivity contribution in [1.82, 2.24) is 5.32 Å². The van der Waals surface area contributed by atoms with Crippen LogP contribution in [-0.2, 0) is 6.42 Å². The number of aliphatic imine (C=N–C) groups is 1. The van der Waals surface area contributed by atoms with Gasteiger partial charge < -0.3 is 20.5 Å². The van der Waals surface area contributed by atoms with E-state index in [2.05, 4.69) is 17.2 Å². The average molecular weight is 265 g/mol. The smallest absolute Gasteiger partial charge is 0.188 e. The molecule has 19 heavy (non-hydrogen) atoms. The van der Waals surface area contributed by atoms with Crippen LogP contribution in [0.25, 0.3) is 0 Å². The Morgan fingerprint density at radius 2 is 2.11 bits per heavy atom. The summed E-state index contributed by atoms with van der Waals surface area (Å²) in [6.45, 7) is 3.53. The molecule has 0 saturated heterocycles. The van der Waals surface area contributed by atoms with Gasteiger partial charge in [0, 0.05) is 13.1 Å². The zero-order valence-electron chi connectivity index (χ0n) is 11.9. The molecule has 3 N–H and O–H groups in total. The molecule has 0 spiro atoms. The molecular formula is C14H23N3O2. The maximum absolute atomic E-state index is 5.73. The standard InChI is InChI=1S/C14H23N3O2/c1-4-8-16-14(15)17-9-7-11-10-12(18-2)5-6-13(11)19-3/h5-6,10H,4,7-9H2,1-3H3,(H3,15,16,17). The number of rotatable bonds is 7. The third-order valence-electron chi connectivity index (χ3n) is 2.69. The number of hydrogen-bond donors (Lipinski definition) is 2. The van der Waals surface area contributed by atoms with E-state index in [-0.39, 0.29) is 0 Å². The second-order valence-corrected chi connectivity index (χ2v) is 4.12. The van der Waals surface area contributed by atoms with Gasteiger partial charge in [0.1, 0.15) is 11.5 Å². The highest BCUT2D eigenvalue weighted by molar-refractivity contribution is 5.77. The molecule has 0 aliphatic heterocycles. The normalized spacial score (nSPS) is 11.2. The van der Waals surface area contributed by atoms with Crippen LogP contribution in [0.1, 0.15) is 18.9 Å². The lowest BCUT2D eigenvalue weighted by molar-refractivity contribution is 0.398. The zero-order chi connectivity index (χ0) is 14.1. The first-order chi connectivity index (χ1) is 9.21. The maximum atomic E-state index is 5.73. The minimum atomic E-state index is 0.490. The third kappa shape index (κ3) is 5.07. The summed E-state index contributed by atoms with van der Waals surface area (Å²) in [7, 11) is 3.31. The van der Waals surface area contributed by atoms with E-state index in [9.17, 15) is 0 Å². The Kier molecular flexibility index (Phi) is 6.57. The van der Waals surface area contributed by atoms with Gasteiger partial charge in [0.15, 0.2) is 5.96 Å². The van der Waals surface area contributed by atoms with Gasteiger partial charge in [0.05, 0.1) is 14.2 Å². The van der Waals surface area contributed by atoms with Gasteiger partial charge >= 0.3 is 0 Å². The van der Waals surface area contributed by atoms with Crippen molar-refractivity contribution in [3.05, 3.63) is 23.8 Å². The Balaban J connectivity index is 2.56. The van der Waals surface area contributed by atoms with Crippen molar-refractivity contribution in [3.63, 3.8) is 0 Å². The molecule has 0 heterocycles. The van der Waals surface area contributed by atoms with Gasteiger partial charge in [-0.1, -0.05) is 6.92 Å². The highest BCUT2D eigenvalue weighted by Gasteiger charge is 2.04. The molecule has 0 aromatic heterocycles. The van der Waals surface area contributed by atoms with Gasteiger partial charge in [-0.2, -0.15) is 0 Å². The van der Waals surface area contributed by atoms with Crippen molar-refractivity contribution in [2.45, 2.75) is 19.8 Å². The second-order valence-electron chi connectivity index (χ2n) is 4.12. The molecule has 0 radical (unpaired) electrons. The minimum Gasteiger partial charge on any atom is -0.497 e. The van der Waals surface area contributed by atoms with E-state index in [4.69, 9.17) is 15.2 Å². The van der Waals surface area contributed by atoms with E-state index in [1.807, 2.05) is 18.2 Å². The summed E-state index contributed by atoms with van der Waals surface area (Å²) in [5.74, 6) is 2.17. The van der Waals surface area contributed by atoms with E-state index in [1.165, 1.54) is 0 Å². The topological polar surface area (TPSA) is 68.9 Å². The van der Waals surface area contributed by atoms with E-state index in [1.54, 1.807) is 14.2 Å². The van der Waals surface area contributed by atoms with Crippen molar-refractivity contribution in [1.29, 1.82) is 0 Å². The Labute approximate surface area is 114 Å². The number of nitrogens with one attached hydrogen (secondary N) is 1. The van der Waals surface area contributed by atoms with Gasteiger partial charge in [-0.05, 0) is 36.6 Å². The number of methoxy groups -OCH3 is 2. The molecule has 1 aromatic rings. The van der Waals surface area contributed by atoms with Crippen molar-refractivity contribution >= 4 is 5.96 Å². The van der Waals surface area contributed by atoms with E-state index >= 15 is 0 Å². The van der Waals surface area contributed by atoms with Crippen molar-refractivity contribution in [3.8, 4) is 11.5 Å². The number of hydrogen-bond acceptors (Lipinski definition) is 3. The molecule has 1 aromatic carbocycles. The van der Waals surface area contributed by atoms with Crippen LogP contribution >= 0.6 is 0 Å². The Morgan fingerprint density at radius 1 is 1.32 bits per heavy atom. The van der Waals surface area contributed by atoms with E-state index in [0.717, 1.165) is 36.4 Å². The summed E-state index contributed by atoms with van der Waals surface area (Å²) in [6, 6.07) is 5.76. The van der Waals surface area contributed by atoms with Crippen molar-refractivity contribution < 1.29 is 9.47 Å². The van der Waals surface area contributed by atoms with Gasteiger partial charge in [-0.25, -0.2) is 0 Å². The molecule has 5 heteroatoms. The fraction of sp³-hybridized carbons (Fsp3) is 0.500. The lowest BCUT2D eigenvalue weighted by Crippen LogP contribution is -2.33. The second kappa shape index (κ2) is 8.24. The lowest BCUT2D eigenvalue weighted by atomic mass is 10.1. The molecule has 5 nitrogen and oxygen atoms in total. The highest BCUT2D eigenvalue weighted by Crippen LogP contribution is 2.23. The fourth-order valence-corrected chi connectivity index (χ4v) is 1.69. The number of ether oxygens (including phenoxy) is 2. The van der Waals surface area contributed by atoms with Crippen molar-refractivity contribution in [2.24, 2.45) is 10.7 Å². The SMILES string of the molecule is CCCN=C(N)NCCc1cc(OC)ccc1OC. The monoisotopic (exact) mass is 265 g/mol. The highest BCUT2D eigenvalue weighted by atomic mass is 16.5. The van der Waals surface area contributed by atoms with Crippen LogP contribution in [0.4, 0.5) is 0 Å². The molecular weight excluding hydrogens is 242 g/mol. The third-order valence-corrected chi connectivity index (χ3v) is 2.69. The fourth-order valence-electron chi connectivity index (χ4n) is 1.69. The first kappa shape index (κ1) is 15.1. The van der Waals surface area contributed by atoms with Crippen LogP contribution in [-0.4, -0.2) is 33.3 Å². The number of nitrogens with zero attached hydrogens (tertiary/aromatic N) is 1. The Morgan fingerprint density at radius 3 is 2.74 bits per heavy atom. The lowest BCUT2D eigenvalue weighted by Gasteiger charge is -2.11. The molecule has 0 fully saturated rings. The van der Waals surface area contributed by atoms with Gasteiger partial charge in [0.25, 0.3) is 0 Å². The number of benzene rings is 1. The molecule has 1 rings (SSSR count). The maximum Gasteiger partial charge on any atom is 0.188 e. The van der Waals surface area contributed by atoms with Crippen molar-refractivity contribution in [2.75, 3.05) is 27.3 Å². The van der Waals surface area contributed by atoms with Crippen LogP contribution in [0, 0.1) is 0 Å². The number of nitrogens with two attached hydrogens (primary N) is 1. The molecule has 0 saturated carbocycles. The summed E-state index contributed by atoms with van der Waals surface area (Å²) in [5.41, 5.74) is 6.81. The van der Waals surface area contributed by atoms with Crippen LogP contribution < -0.4 is 20.5 Å². The van der Waals surface area contributed by atoms with Crippen LogP contribution in [0.5, 0.6) is 11.5 Å². The van der Waals surface area contributed by atoms with Gasteiger partial charge in [-0.3, -0.25) is 4.99 Å². The summed E-state index contributed by atoms with van der Waals surface area (Å²) in [5, 5.41) is 3.09. The molecule has 0 amide bonds. The predicted octanol–water partition coefficient (Wildman–Crippen LogP) is 1.56. The molecule has 106 valence electrons. The first-order valence-electron chi connectivity index (χ1n) is 6.46. The zero-order valence-corrected chi connectivity index (χ0v) is 11.9. The average Bonchev–Trinajstić information content (AvgIpc) is 2.44. The first-order valence-corrected chi connectivity index (χ1v) is 6.46. The Hall–Kier alpha value is -1.91. The summed E-state index contributed by atoms with van der Waals surface area (Å²) >= 11 is 0. The Bertz CT molecular complexity index is 419. The quantitative estimate of drug-likeness (QED) is 0.580. The largest absolute Gasteiger partial charge is 0.497 e. The minimum absolute atomic E-state index is 0.490. The number of guanidine groups is 1. The van der Waals surface area contributed by atoms with Crippen LogP contribution in [0.2, 0.25) is 0 Å². The summed E-state index contributed by atoms with van der Waals surface area (Å²) in [6.07, 6.45) is 1.79. The summed E-state index contributed by atoms with van der Waals surface area (Å²) < 4.78 is 10.5. The molecule has 0 unspecified atom stereocenters. The van der Waals surface area contributed by atoms with Gasteiger partial charge in [0.2, 0.25) is 0 Å². The van der Waals surface area contributed by atoms with E-state index < -0.39 is 0 Å².